The predicted octanol–water partition coefficient (Wildman–Crippen LogP) is 3.33. The lowest BCUT2D eigenvalue weighted by molar-refractivity contribution is -0.128. The highest BCUT2D eigenvalue weighted by atomic mass is 16.2. The molecule has 1 N–H and O–H groups in total. The van der Waals surface area contributed by atoms with Gasteiger partial charge in [-0.2, -0.15) is 0 Å². The molecule has 0 aromatic carbocycles. The molecule has 1 aliphatic carbocycles. The number of rotatable bonds is 7. The minimum absolute atomic E-state index is 0.0103. The third-order valence-electron chi connectivity index (χ3n) is 4.46. The highest BCUT2D eigenvalue weighted by Crippen LogP contribution is 2.29. The number of nitrogens with one attached hydrogen (secondary N) is 1. The van der Waals surface area contributed by atoms with Crippen LogP contribution in [0, 0.1) is 12.3 Å². The minimum Gasteiger partial charge on any atom is -0.383 e. The van der Waals surface area contributed by atoms with Crippen LogP contribution < -0.4 is 5.32 Å². The molecule has 23 heavy (non-hydrogen) atoms. The number of hydrogen-bond donors (Lipinski definition) is 1. The molecule has 1 heterocycles. The molecule has 0 aromatic rings. The number of carbonyl (C=O) groups is 1. The average molecular weight is 310 g/mol. The van der Waals surface area contributed by atoms with Crippen LogP contribution in [-0.4, -0.2) is 29.4 Å². The van der Waals surface area contributed by atoms with Crippen molar-refractivity contribution in [3.05, 3.63) is 47.7 Å². The molecule has 122 valence electrons. The molecule has 0 aromatic heterocycles. The molecule has 1 saturated heterocycles. The van der Waals surface area contributed by atoms with Crippen molar-refractivity contribution in [1.82, 2.24) is 10.2 Å². The summed E-state index contributed by atoms with van der Waals surface area (Å²) >= 11 is 0. The van der Waals surface area contributed by atoms with E-state index in [4.69, 9.17) is 6.42 Å². The zero-order valence-corrected chi connectivity index (χ0v) is 14.2. The van der Waals surface area contributed by atoms with Gasteiger partial charge in [0.2, 0.25) is 5.91 Å². The van der Waals surface area contributed by atoms with E-state index in [0.29, 0.717) is 19.0 Å². The zero-order valence-electron chi connectivity index (χ0n) is 14.2. The number of nitrogens with zero attached hydrogens (tertiary/aromatic N) is 1. The quantitative estimate of drug-likeness (QED) is 0.578. The third-order valence-corrected chi connectivity index (χ3v) is 4.46. The smallest absolute Gasteiger partial charge is 0.223 e. The van der Waals surface area contributed by atoms with Gasteiger partial charge in [-0.1, -0.05) is 30.7 Å². The van der Waals surface area contributed by atoms with E-state index in [0.717, 1.165) is 28.8 Å². The van der Waals surface area contributed by atoms with Crippen LogP contribution in [0.25, 0.3) is 0 Å². The summed E-state index contributed by atoms with van der Waals surface area (Å²) in [5.41, 5.74) is 3.67. The second kappa shape index (κ2) is 7.37. The largest absolute Gasteiger partial charge is 0.383 e. The van der Waals surface area contributed by atoms with E-state index in [1.807, 2.05) is 30.9 Å². The van der Waals surface area contributed by atoms with Gasteiger partial charge in [0.1, 0.15) is 0 Å². The molecular weight excluding hydrogens is 284 g/mol. The van der Waals surface area contributed by atoms with E-state index >= 15 is 0 Å². The van der Waals surface area contributed by atoms with Gasteiger partial charge >= 0.3 is 0 Å². The molecule has 3 heteroatoms. The Balaban J connectivity index is 2.09. The van der Waals surface area contributed by atoms with Gasteiger partial charge in [0.25, 0.3) is 0 Å². The van der Waals surface area contributed by atoms with Crippen LogP contribution in [-0.2, 0) is 4.79 Å². The van der Waals surface area contributed by atoms with Crippen LogP contribution in [0.5, 0.6) is 0 Å². The standard InChI is InChI=1S/C20H26N2O/c1-6-14(3)12-17(7-2)13-22-19(10-11-20(22)23)15(4)16(5)21-18-8-9-18/h2,6,12,18-19,21H,4-5,8-11,13H2,1,3H3/b14-6-,17-12+. The molecule has 2 fully saturated rings. The SMILES string of the molecule is C#C/C(=C\C(C)=C/C)CN1C(=O)CCC1C(=C)C(=C)NC1CC1. The van der Waals surface area contributed by atoms with Crippen molar-refractivity contribution in [2.75, 3.05) is 6.54 Å². The number of likely N-dealkylation sites (tertiary alicyclic amines) is 1. The van der Waals surface area contributed by atoms with E-state index in [1.165, 1.54) is 12.8 Å². The van der Waals surface area contributed by atoms with Gasteiger partial charge in [-0.25, -0.2) is 0 Å². The first-order chi connectivity index (χ1) is 11.0. The predicted molar refractivity (Wildman–Crippen MR) is 95.5 cm³/mol. The lowest BCUT2D eigenvalue weighted by Crippen LogP contribution is -2.37. The lowest BCUT2D eigenvalue weighted by Gasteiger charge is -2.28. The van der Waals surface area contributed by atoms with Crippen molar-refractivity contribution in [3.63, 3.8) is 0 Å². The minimum atomic E-state index is -0.0103. The maximum atomic E-state index is 12.3. The molecular formula is C20H26N2O. The van der Waals surface area contributed by atoms with Crippen LogP contribution in [0.2, 0.25) is 0 Å². The fraction of sp³-hybridized carbons (Fsp3) is 0.450. The Kier molecular flexibility index (Phi) is 5.50. The summed E-state index contributed by atoms with van der Waals surface area (Å²) in [5.74, 6) is 2.84. The Morgan fingerprint density at radius 3 is 2.70 bits per heavy atom. The van der Waals surface area contributed by atoms with Gasteiger partial charge in [0, 0.05) is 23.7 Å². The molecule has 2 rings (SSSR count). The molecule has 1 unspecified atom stereocenters. The fourth-order valence-corrected chi connectivity index (χ4v) is 2.74. The van der Waals surface area contributed by atoms with E-state index in [1.54, 1.807) is 0 Å². The number of terminal acetylenes is 1. The molecule has 3 nitrogen and oxygen atoms in total. The van der Waals surface area contributed by atoms with Crippen molar-refractivity contribution in [1.29, 1.82) is 0 Å². The highest BCUT2D eigenvalue weighted by Gasteiger charge is 2.34. The van der Waals surface area contributed by atoms with Crippen LogP contribution in [0.1, 0.15) is 39.5 Å². The van der Waals surface area contributed by atoms with Crippen LogP contribution in [0.3, 0.4) is 0 Å². The molecule has 1 amide bonds. The van der Waals surface area contributed by atoms with Crippen molar-refractivity contribution in [2.24, 2.45) is 0 Å². The van der Waals surface area contributed by atoms with Gasteiger partial charge in [-0.3, -0.25) is 4.79 Å². The summed E-state index contributed by atoms with van der Waals surface area (Å²) in [5, 5.41) is 3.38. The first-order valence-electron chi connectivity index (χ1n) is 8.20. The van der Waals surface area contributed by atoms with Gasteiger partial charge in [0.05, 0.1) is 12.6 Å². The van der Waals surface area contributed by atoms with E-state index < -0.39 is 0 Å². The van der Waals surface area contributed by atoms with Gasteiger partial charge < -0.3 is 10.2 Å². The number of carbonyl (C=O) groups excluding carboxylic acids is 1. The summed E-state index contributed by atoms with van der Waals surface area (Å²) in [7, 11) is 0. The second-order valence-electron chi connectivity index (χ2n) is 6.35. The average Bonchev–Trinajstić information content (AvgIpc) is 3.28. The molecule has 2 aliphatic rings. The summed E-state index contributed by atoms with van der Waals surface area (Å²) in [6.45, 7) is 12.7. The van der Waals surface area contributed by atoms with Crippen LogP contribution in [0.4, 0.5) is 0 Å². The number of amides is 1. The van der Waals surface area contributed by atoms with Gasteiger partial charge in [-0.15, -0.1) is 6.42 Å². The van der Waals surface area contributed by atoms with Crippen molar-refractivity contribution < 1.29 is 4.79 Å². The summed E-state index contributed by atoms with van der Waals surface area (Å²) < 4.78 is 0. The Bertz CT molecular complexity index is 614. The van der Waals surface area contributed by atoms with Crippen molar-refractivity contribution in [3.8, 4) is 12.3 Å². The topological polar surface area (TPSA) is 32.3 Å². The Hall–Kier alpha value is -2.21. The Labute approximate surface area is 139 Å². The fourth-order valence-electron chi connectivity index (χ4n) is 2.74. The summed E-state index contributed by atoms with van der Waals surface area (Å²) in [4.78, 5) is 14.1. The molecule has 1 saturated carbocycles. The molecule has 1 atom stereocenters. The molecule has 0 radical (unpaired) electrons. The second-order valence-corrected chi connectivity index (χ2v) is 6.35. The molecule has 0 spiro atoms. The van der Waals surface area contributed by atoms with Gasteiger partial charge in [0.15, 0.2) is 0 Å². The maximum absolute atomic E-state index is 12.3. The van der Waals surface area contributed by atoms with E-state index in [2.05, 4.69) is 24.4 Å². The number of allylic oxidation sites excluding steroid dienone is 3. The van der Waals surface area contributed by atoms with Crippen molar-refractivity contribution in [2.45, 2.75) is 51.6 Å². The first-order valence-corrected chi connectivity index (χ1v) is 8.20. The summed E-state index contributed by atoms with van der Waals surface area (Å²) in [6, 6.07) is 0.521. The van der Waals surface area contributed by atoms with Crippen LogP contribution in [0.15, 0.2) is 47.7 Å². The molecule has 1 aliphatic heterocycles. The monoisotopic (exact) mass is 310 g/mol. The van der Waals surface area contributed by atoms with Crippen LogP contribution >= 0.6 is 0 Å². The molecule has 0 bridgehead atoms. The zero-order chi connectivity index (χ0) is 17.0. The maximum Gasteiger partial charge on any atom is 0.223 e. The highest BCUT2D eigenvalue weighted by molar-refractivity contribution is 5.80. The Morgan fingerprint density at radius 2 is 2.13 bits per heavy atom. The lowest BCUT2D eigenvalue weighted by atomic mass is 10.0. The Morgan fingerprint density at radius 1 is 1.43 bits per heavy atom. The first kappa shape index (κ1) is 17.1. The normalized spacial score (nSPS) is 22.0. The van der Waals surface area contributed by atoms with E-state index in [-0.39, 0.29) is 11.9 Å². The number of hydrogen-bond acceptors (Lipinski definition) is 2. The van der Waals surface area contributed by atoms with Crippen molar-refractivity contribution >= 4 is 5.91 Å². The summed E-state index contributed by atoms with van der Waals surface area (Å²) in [6.07, 6.45) is 13.3. The van der Waals surface area contributed by atoms with Gasteiger partial charge in [-0.05, 0) is 44.8 Å². The third kappa shape index (κ3) is 4.39. The van der Waals surface area contributed by atoms with E-state index in [9.17, 15) is 4.79 Å².